The fourth-order valence-electron chi connectivity index (χ4n) is 4.31. The van der Waals surface area contributed by atoms with Crippen molar-refractivity contribution >= 4 is 27.7 Å². The molecule has 2 aromatic heterocycles. The van der Waals surface area contributed by atoms with Crippen LogP contribution in [-0.4, -0.2) is 19.7 Å². The van der Waals surface area contributed by atoms with Gasteiger partial charge in [-0.05, 0) is 37.1 Å². The first-order valence-corrected chi connectivity index (χ1v) is 10.7. The van der Waals surface area contributed by atoms with Gasteiger partial charge in [0.05, 0.1) is 22.3 Å². The lowest BCUT2D eigenvalue weighted by Crippen LogP contribution is -2.02. The molecule has 0 bridgehead atoms. The highest BCUT2D eigenvalue weighted by Gasteiger charge is 2.25. The quantitative estimate of drug-likeness (QED) is 0.290. The van der Waals surface area contributed by atoms with Crippen LogP contribution in [0.1, 0.15) is 42.3 Å². The molecular weight excluding hydrogens is 416 g/mol. The Bertz CT molecular complexity index is 1450. The van der Waals surface area contributed by atoms with Gasteiger partial charge in [0.15, 0.2) is 0 Å². The van der Waals surface area contributed by atoms with Crippen LogP contribution >= 0.6 is 0 Å². The number of hydrogen-bond donors (Lipinski definition) is 0. The topological polar surface area (TPSA) is 83.1 Å². The smallest absolute Gasteiger partial charge is 0.270 e. The number of allylic oxidation sites excluding steroid dienone is 2. The summed E-state index contributed by atoms with van der Waals surface area (Å²) in [7, 11) is 0. The Morgan fingerprint density at radius 3 is 2.82 bits per heavy atom. The standard InChI is InChI=1S/C26H22N4O3/c1-4-20(17-7-5-8-19(11-17)30(31)32)26-21-9-6-10-27-23(21)15-33-25-13-24-18(12-22(25)26)14-28-29(24)16(2)3/h4-14,16H,1,15H2,2-3H3/b26-20+. The molecule has 0 amide bonds. The van der Waals surface area contributed by atoms with Gasteiger partial charge in [-0.3, -0.25) is 19.8 Å². The van der Waals surface area contributed by atoms with Gasteiger partial charge >= 0.3 is 0 Å². The lowest BCUT2D eigenvalue weighted by Gasteiger charge is -2.16. The van der Waals surface area contributed by atoms with Crippen LogP contribution in [-0.2, 0) is 6.61 Å². The summed E-state index contributed by atoms with van der Waals surface area (Å²) < 4.78 is 8.20. The summed E-state index contributed by atoms with van der Waals surface area (Å²) in [5, 5.41) is 17.0. The summed E-state index contributed by atoms with van der Waals surface area (Å²) in [6.45, 7) is 8.53. The third kappa shape index (κ3) is 3.47. The van der Waals surface area contributed by atoms with Crippen LogP contribution in [0.5, 0.6) is 5.75 Å². The van der Waals surface area contributed by atoms with Crippen molar-refractivity contribution in [3.63, 3.8) is 0 Å². The Balaban J connectivity index is 1.86. The molecule has 0 saturated carbocycles. The molecule has 164 valence electrons. The summed E-state index contributed by atoms with van der Waals surface area (Å²) in [6, 6.07) is 14.8. The molecular formula is C26H22N4O3. The number of nitrogens with zero attached hydrogens (tertiary/aromatic N) is 4. The van der Waals surface area contributed by atoms with Crippen molar-refractivity contribution in [1.29, 1.82) is 0 Å². The van der Waals surface area contributed by atoms with Gasteiger partial charge in [-0.25, -0.2) is 0 Å². The zero-order valence-electron chi connectivity index (χ0n) is 18.4. The third-order valence-corrected chi connectivity index (χ3v) is 5.82. The predicted molar refractivity (Wildman–Crippen MR) is 128 cm³/mol. The number of pyridine rings is 1. The second-order valence-corrected chi connectivity index (χ2v) is 8.18. The van der Waals surface area contributed by atoms with E-state index in [4.69, 9.17) is 4.74 Å². The molecule has 0 saturated heterocycles. The summed E-state index contributed by atoms with van der Waals surface area (Å²) in [5.41, 5.74) is 5.94. The van der Waals surface area contributed by atoms with E-state index < -0.39 is 4.92 Å². The van der Waals surface area contributed by atoms with Gasteiger partial charge in [0, 0.05) is 52.5 Å². The Labute approximate surface area is 190 Å². The van der Waals surface area contributed by atoms with Crippen molar-refractivity contribution in [1.82, 2.24) is 14.8 Å². The summed E-state index contributed by atoms with van der Waals surface area (Å²) in [6.07, 6.45) is 5.33. The highest BCUT2D eigenvalue weighted by Crippen LogP contribution is 2.43. The Kier molecular flexibility index (Phi) is 5.01. The average Bonchev–Trinajstić information content (AvgIpc) is 3.17. The first-order valence-electron chi connectivity index (χ1n) is 10.7. The maximum Gasteiger partial charge on any atom is 0.270 e. The van der Waals surface area contributed by atoms with E-state index in [1.807, 2.05) is 35.1 Å². The molecule has 1 aliphatic heterocycles. The minimum absolute atomic E-state index is 0.0256. The van der Waals surface area contributed by atoms with Crippen molar-refractivity contribution in [2.24, 2.45) is 0 Å². The number of fused-ring (bicyclic) bond motifs is 3. The van der Waals surface area contributed by atoms with Crippen LogP contribution in [0.3, 0.4) is 0 Å². The molecule has 3 heterocycles. The van der Waals surface area contributed by atoms with E-state index in [1.165, 1.54) is 6.07 Å². The molecule has 1 aliphatic rings. The predicted octanol–water partition coefficient (Wildman–Crippen LogP) is 5.96. The molecule has 7 nitrogen and oxygen atoms in total. The third-order valence-electron chi connectivity index (χ3n) is 5.82. The fraction of sp³-hybridized carbons (Fsp3) is 0.154. The van der Waals surface area contributed by atoms with E-state index in [0.29, 0.717) is 17.9 Å². The van der Waals surface area contributed by atoms with Crippen molar-refractivity contribution in [3.8, 4) is 5.75 Å². The van der Waals surface area contributed by atoms with Crippen molar-refractivity contribution in [3.05, 3.63) is 106 Å². The maximum absolute atomic E-state index is 11.4. The Morgan fingerprint density at radius 2 is 2.06 bits per heavy atom. The molecule has 33 heavy (non-hydrogen) atoms. The van der Waals surface area contributed by atoms with Crippen LogP contribution in [0.15, 0.2) is 73.6 Å². The lowest BCUT2D eigenvalue weighted by molar-refractivity contribution is -0.384. The number of non-ortho nitro benzene ring substituents is 1. The minimum atomic E-state index is -0.391. The number of hydrogen-bond acceptors (Lipinski definition) is 5. The maximum atomic E-state index is 11.4. The Hall–Kier alpha value is -4.26. The number of rotatable bonds is 4. The van der Waals surface area contributed by atoms with E-state index in [2.05, 4.69) is 36.6 Å². The first kappa shape index (κ1) is 20.6. The molecule has 4 aromatic rings. The van der Waals surface area contributed by atoms with Gasteiger partial charge in [0.2, 0.25) is 0 Å². The number of benzene rings is 2. The molecule has 5 rings (SSSR count). The van der Waals surface area contributed by atoms with Gasteiger partial charge in [0.25, 0.3) is 5.69 Å². The van der Waals surface area contributed by atoms with Crippen molar-refractivity contribution in [2.75, 3.05) is 0 Å². The van der Waals surface area contributed by atoms with Crippen LogP contribution in [0.4, 0.5) is 5.69 Å². The van der Waals surface area contributed by atoms with Gasteiger partial charge < -0.3 is 4.74 Å². The van der Waals surface area contributed by atoms with Gasteiger partial charge in [0.1, 0.15) is 12.4 Å². The second-order valence-electron chi connectivity index (χ2n) is 8.18. The lowest BCUT2D eigenvalue weighted by atomic mass is 9.88. The summed E-state index contributed by atoms with van der Waals surface area (Å²) >= 11 is 0. The molecule has 0 fully saturated rings. The average molecular weight is 438 g/mol. The molecule has 0 spiro atoms. The van der Waals surface area contributed by atoms with Gasteiger partial charge in [-0.1, -0.05) is 30.9 Å². The zero-order chi connectivity index (χ0) is 23.1. The SMILES string of the molecule is C=C/C(=C1\c2cc3cnn(C(C)C)c3cc2OCc2ncccc21)c1cccc([N+](=O)[O-])c1. The molecule has 0 radical (unpaired) electrons. The molecule has 7 heteroatoms. The van der Waals surface area contributed by atoms with E-state index in [1.54, 1.807) is 24.4 Å². The van der Waals surface area contributed by atoms with Gasteiger partial charge in [-0.2, -0.15) is 5.10 Å². The van der Waals surface area contributed by atoms with Crippen LogP contribution < -0.4 is 4.74 Å². The molecule has 0 N–H and O–H groups in total. The van der Waals surface area contributed by atoms with Gasteiger partial charge in [-0.15, -0.1) is 0 Å². The fourth-order valence-corrected chi connectivity index (χ4v) is 4.31. The second kappa shape index (κ2) is 8.02. The van der Waals surface area contributed by atoms with Crippen LogP contribution in [0, 0.1) is 10.1 Å². The number of nitro benzene ring substituents is 1. The van der Waals surface area contributed by atoms with E-state index in [9.17, 15) is 10.1 Å². The molecule has 0 atom stereocenters. The Morgan fingerprint density at radius 1 is 1.21 bits per heavy atom. The number of nitro groups is 1. The zero-order valence-corrected chi connectivity index (χ0v) is 18.4. The van der Waals surface area contributed by atoms with Crippen molar-refractivity contribution in [2.45, 2.75) is 26.5 Å². The van der Waals surface area contributed by atoms with Crippen molar-refractivity contribution < 1.29 is 9.66 Å². The highest BCUT2D eigenvalue weighted by molar-refractivity contribution is 6.05. The number of ether oxygens (including phenoxy) is 1. The normalized spacial score (nSPS) is 14.3. The monoisotopic (exact) mass is 438 g/mol. The summed E-state index contributed by atoms with van der Waals surface area (Å²) in [5.74, 6) is 0.711. The van der Waals surface area contributed by atoms with E-state index in [-0.39, 0.29) is 11.7 Å². The minimum Gasteiger partial charge on any atom is -0.487 e. The first-order chi connectivity index (χ1) is 16.0. The van der Waals surface area contributed by atoms with Crippen LogP contribution in [0.25, 0.3) is 22.0 Å². The highest BCUT2D eigenvalue weighted by atomic mass is 16.6. The van der Waals surface area contributed by atoms with E-state index >= 15 is 0 Å². The largest absolute Gasteiger partial charge is 0.487 e. The van der Waals surface area contributed by atoms with Crippen LogP contribution in [0.2, 0.25) is 0 Å². The van der Waals surface area contributed by atoms with E-state index in [0.717, 1.165) is 38.9 Å². The summed E-state index contributed by atoms with van der Waals surface area (Å²) in [4.78, 5) is 15.6. The molecule has 2 aromatic carbocycles. The molecule has 0 unspecified atom stereocenters. The number of aromatic nitrogens is 3. The molecule has 0 aliphatic carbocycles.